The number of aromatic amines is 2. The standard InChI is InChI=1S/C17H21N5O3/c1-3-11-6-4-5-10(2)15(11)22-9-12(7-14(22)23)16(24)18-8-13-19-17(25)21-20-13/h4-6,12H,3,7-9H2,1-2H3,(H,18,24)(H2,19,20,21,25). The first-order valence-corrected chi connectivity index (χ1v) is 8.29. The van der Waals surface area contributed by atoms with Gasteiger partial charge in [-0.1, -0.05) is 25.1 Å². The second-order valence-electron chi connectivity index (χ2n) is 6.18. The summed E-state index contributed by atoms with van der Waals surface area (Å²) in [7, 11) is 0. The van der Waals surface area contributed by atoms with Crippen molar-refractivity contribution >= 4 is 17.5 Å². The minimum absolute atomic E-state index is 0.0441. The highest BCUT2D eigenvalue weighted by Gasteiger charge is 2.36. The minimum atomic E-state index is -0.418. The van der Waals surface area contributed by atoms with Gasteiger partial charge in [-0.25, -0.2) is 9.89 Å². The van der Waals surface area contributed by atoms with E-state index in [2.05, 4.69) is 20.5 Å². The van der Waals surface area contributed by atoms with Gasteiger partial charge >= 0.3 is 5.69 Å². The number of hydrogen-bond donors (Lipinski definition) is 3. The summed E-state index contributed by atoms with van der Waals surface area (Å²) in [4.78, 5) is 40.0. The molecule has 3 N–H and O–H groups in total. The van der Waals surface area contributed by atoms with Crippen LogP contribution in [0, 0.1) is 12.8 Å². The van der Waals surface area contributed by atoms with Crippen molar-refractivity contribution in [3.63, 3.8) is 0 Å². The largest absolute Gasteiger partial charge is 0.348 e. The van der Waals surface area contributed by atoms with E-state index in [1.54, 1.807) is 4.90 Å². The number of nitrogens with one attached hydrogen (secondary N) is 3. The summed E-state index contributed by atoms with van der Waals surface area (Å²) in [5, 5.41) is 8.70. The van der Waals surface area contributed by atoms with E-state index in [-0.39, 0.29) is 24.8 Å². The molecular formula is C17H21N5O3. The van der Waals surface area contributed by atoms with Gasteiger partial charge in [-0.2, -0.15) is 5.10 Å². The number of amides is 2. The predicted octanol–water partition coefficient (Wildman–Crippen LogP) is 0.638. The van der Waals surface area contributed by atoms with Crippen LogP contribution in [-0.4, -0.2) is 33.5 Å². The summed E-state index contributed by atoms with van der Waals surface area (Å²) in [6.45, 7) is 4.50. The van der Waals surface area contributed by atoms with Crippen molar-refractivity contribution < 1.29 is 9.59 Å². The molecule has 1 unspecified atom stereocenters. The van der Waals surface area contributed by atoms with E-state index in [4.69, 9.17) is 0 Å². The van der Waals surface area contributed by atoms with E-state index in [1.165, 1.54) is 0 Å². The fraction of sp³-hybridized carbons (Fsp3) is 0.412. The van der Waals surface area contributed by atoms with Crippen molar-refractivity contribution in [1.82, 2.24) is 20.5 Å². The third-order valence-electron chi connectivity index (χ3n) is 4.45. The van der Waals surface area contributed by atoms with Crippen molar-refractivity contribution in [2.75, 3.05) is 11.4 Å². The lowest BCUT2D eigenvalue weighted by Crippen LogP contribution is -2.33. The van der Waals surface area contributed by atoms with E-state index >= 15 is 0 Å². The molecule has 1 saturated heterocycles. The lowest BCUT2D eigenvalue weighted by atomic mass is 10.0. The zero-order valence-electron chi connectivity index (χ0n) is 14.3. The molecular weight excluding hydrogens is 322 g/mol. The summed E-state index contributed by atoms with van der Waals surface area (Å²) in [6.07, 6.45) is 1.00. The lowest BCUT2D eigenvalue weighted by molar-refractivity contribution is -0.126. The molecule has 1 aliphatic rings. The van der Waals surface area contributed by atoms with Crippen LogP contribution < -0.4 is 15.9 Å². The van der Waals surface area contributed by atoms with Gasteiger partial charge in [0, 0.05) is 18.7 Å². The minimum Gasteiger partial charge on any atom is -0.348 e. The molecule has 2 heterocycles. The maximum absolute atomic E-state index is 12.5. The third-order valence-corrected chi connectivity index (χ3v) is 4.45. The summed E-state index contributed by atoms with van der Waals surface area (Å²) in [5.74, 6) is -0.321. The van der Waals surface area contributed by atoms with Gasteiger partial charge in [0.2, 0.25) is 11.8 Å². The Morgan fingerprint density at radius 3 is 2.88 bits per heavy atom. The van der Waals surface area contributed by atoms with Crippen LogP contribution in [0.4, 0.5) is 5.69 Å². The van der Waals surface area contributed by atoms with Crippen LogP contribution in [0.1, 0.15) is 30.3 Å². The van der Waals surface area contributed by atoms with Crippen molar-refractivity contribution in [3.8, 4) is 0 Å². The van der Waals surface area contributed by atoms with Crippen LogP contribution in [-0.2, 0) is 22.6 Å². The van der Waals surface area contributed by atoms with Crippen LogP contribution in [0.3, 0.4) is 0 Å². The smallest absolute Gasteiger partial charge is 0.340 e. The SMILES string of the molecule is CCc1cccc(C)c1N1CC(C(=O)NCc2n[nH]c(=O)[nH]2)CC1=O. The highest BCUT2D eigenvalue weighted by Crippen LogP contribution is 2.31. The summed E-state index contributed by atoms with van der Waals surface area (Å²) in [6, 6.07) is 5.97. The molecule has 1 aliphatic heterocycles. The fourth-order valence-electron chi connectivity index (χ4n) is 3.19. The first-order chi connectivity index (χ1) is 12.0. The van der Waals surface area contributed by atoms with E-state index < -0.39 is 11.6 Å². The van der Waals surface area contributed by atoms with E-state index in [0.717, 1.165) is 23.2 Å². The zero-order chi connectivity index (χ0) is 18.0. The number of anilines is 1. The molecule has 8 heteroatoms. The van der Waals surface area contributed by atoms with Gasteiger partial charge in [-0.3, -0.25) is 14.6 Å². The molecule has 0 radical (unpaired) electrons. The summed E-state index contributed by atoms with van der Waals surface area (Å²) in [5.41, 5.74) is 2.63. The molecule has 0 bridgehead atoms. The average molecular weight is 343 g/mol. The van der Waals surface area contributed by atoms with Crippen molar-refractivity contribution in [1.29, 1.82) is 0 Å². The average Bonchev–Trinajstić information content (AvgIpc) is 3.18. The van der Waals surface area contributed by atoms with Crippen LogP contribution >= 0.6 is 0 Å². The molecule has 1 atom stereocenters. The Hall–Kier alpha value is -2.90. The third kappa shape index (κ3) is 3.47. The number of nitrogens with zero attached hydrogens (tertiary/aromatic N) is 2. The zero-order valence-corrected chi connectivity index (χ0v) is 14.3. The topological polar surface area (TPSA) is 111 Å². The van der Waals surface area contributed by atoms with E-state index in [0.29, 0.717) is 12.4 Å². The van der Waals surface area contributed by atoms with Crippen LogP contribution in [0.2, 0.25) is 0 Å². The number of H-pyrrole nitrogens is 2. The Labute approximate surface area is 144 Å². The van der Waals surface area contributed by atoms with Gasteiger partial charge in [-0.05, 0) is 24.5 Å². The first-order valence-electron chi connectivity index (χ1n) is 8.29. The van der Waals surface area contributed by atoms with Crippen molar-refractivity contribution in [2.24, 2.45) is 5.92 Å². The molecule has 3 rings (SSSR count). The predicted molar refractivity (Wildman–Crippen MR) is 92.1 cm³/mol. The molecule has 1 aromatic carbocycles. The number of aromatic nitrogens is 3. The van der Waals surface area contributed by atoms with Crippen LogP contribution in [0.25, 0.3) is 0 Å². The summed E-state index contributed by atoms with van der Waals surface area (Å²) < 4.78 is 0. The fourth-order valence-corrected chi connectivity index (χ4v) is 3.19. The molecule has 1 fully saturated rings. The molecule has 132 valence electrons. The lowest BCUT2D eigenvalue weighted by Gasteiger charge is -2.22. The second kappa shape index (κ2) is 6.92. The maximum Gasteiger partial charge on any atom is 0.340 e. The van der Waals surface area contributed by atoms with Crippen LogP contribution in [0.15, 0.2) is 23.0 Å². The molecule has 0 aliphatic carbocycles. The Morgan fingerprint density at radius 2 is 2.20 bits per heavy atom. The Balaban J connectivity index is 1.70. The first kappa shape index (κ1) is 16.9. The van der Waals surface area contributed by atoms with Gasteiger partial charge in [0.25, 0.3) is 0 Å². The number of hydrogen-bond acceptors (Lipinski definition) is 4. The quantitative estimate of drug-likeness (QED) is 0.739. The number of rotatable bonds is 5. The van der Waals surface area contributed by atoms with Crippen molar-refractivity contribution in [2.45, 2.75) is 33.2 Å². The highest BCUT2D eigenvalue weighted by molar-refractivity contribution is 6.01. The molecule has 2 aromatic rings. The molecule has 0 saturated carbocycles. The molecule has 1 aromatic heterocycles. The summed E-state index contributed by atoms with van der Waals surface area (Å²) >= 11 is 0. The monoisotopic (exact) mass is 343 g/mol. The number of para-hydroxylation sites is 1. The van der Waals surface area contributed by atoms with Crippen LogP contribution in [0.5, 0.6) is 0 Å². The van der Waals surface area contributed by atoms with Gasteiger partial charge in [0.15, 0.2) is 0 Å². The van der Waals surface area contributed by atoms with Crippen molar-refractivity contribution in [3.05, 3.63) is 45.6 Å². The normalized spacial score (nSPS) is 17.1. The number of carbonyl (C=O) groups is 2. The Morgan fingerprint density at radius 1 is 1.40 bits per heavy atom. The van der Waals surface area contributed by atoms with Gasteiger partial charge in [0.1, 0.15) is 5.82 Å². The molecule has 2 amide bonds. The molecule has 25 heavy (non-hydrogen) atoms. The number of carbonyl (C=O) groups excluding carboxylic acids is 2. The number of benzene rings is 1. The van der Waals surface area contributed by atoms with Gasteiger partial charge in [-0.15, -0.1) is 0 Å². The second-order valence-corrected chi connectivity index (χ2v) is 6.18. The Kier molecular flexibility index (Phi) is 4.69. The highest BCUT2D eigenvalue weighted by atomic mass is 16.2. The van der Waals surface area contributed by atoms with E-state index in [9.17, 15) is 14.4 Å². The molecule has 0 spiro atoms. The maximum atomic E-state index is 12.5. The van der Waals surface area contributed by atoms with E-state index in [1.807, 2.05) is 32.0 Å². The van der Waals surface area contributed by atoms with Gasteiger partial charge < -0.3 is 10.2 Å². The Bertz CT molecular complexity index is 854. The number of aryl methyl sites for hydroxylation is 2. The molecule has 8 nitrogen and oxygen atoms in total. The van der Waals surface area contributed by atoms with Gasteiger partial charge in [0.05, 0.1) is 12.5 Å².